The Hall–Kier alpha value is -1.80. The second kappa shape index (κ2) is 5.68. The van der Waals surface area contributed by atoms with Crippen molar-refractivity contribution in [3.8, 4) is 5.75 Å². The maximum atomic E-state index is 10.3. The summed E-state index contributed by atoms with van der Waals surface area (Å²) in [4.78, 5) is 0. The molecule has 0 fully saturated rings. The van der Waals surface area contributed by atoms with E-state index in [-0.39, 0.29) is 6.10 Å². The monoisotopic (exact) mass is 268 g/mol. The van der Waals surface area contributed by atoms with Crippen LogP contribution in [0.5, 0.6) is 5.75 Å². The second-order valence-electron chi connectivity index (χ2n) is 5.46. The van der Waals surface area contributed by atoms with Crippen molar-refractivity contribution >= 4 is 0 Å². The summed E-state index contributed by atoms with van der Waals surface area (Å²) in [6, 6.07) is 15.9. The summed E-state index contributed by atoms with van der Waals surface area (Å²) < 4.78 is 5.91. The minimum atomic E-state index is -0.607. The number of benzene rings is 2. The van der Waals surface area contributed by atoms with E-state index in [1.165, 1.54) is 24.0 Å². The van der Waals surface area contributed by atoms with Crippen LogP contribution in [0, 0.1) is 0 Å². The first kappa shape index (κ1) is 13.2. The van der Waals surface area contributed by atoms with Crippen LogP contribution in [-0.4, -0.2) is 11.2 Å². The van der Waals surface area contributed by atoms with E-state index >= 15 is 0 Å². The van der Waals surface area contributed by atoms with Crippen molar-refractivity contribution in [1.82, 2.24) is 0 Å². The molecule has 2 aromatic carbocycles. The van der Waals surface area contributed by atoms with Crippen molar-refractivity contribution in [2.75, 3.05) is 0 Å². The molecule has 20 heavy (non-hydrogen) atoms. The molecule has 1 N–H and O–H groups in total. The maximum absolute atomic E-state index is 10.3. The molecule has 104 valence electrons. The fraction of sp³-hybridized carbons (Fsp3) is 0.333. The Balaban J connectivity index is 1.71. The number of aryl methyl sites for hydroxylation is 2. The largest absolute Gasteiger partial charge is 0.488 e. The Labute approximate surface area is 120 Å². The van der Waals surface area contributed by atoms with E-state index in [0.717, 1.165) is 17.7 Å². The molecule has 2 unspecified atom stereocenters. The second-order valence-corrected chi connectivity index (χ2v) is 5.46. The van der Waals surface area contributed by atoms with Crippen LogP contribution in [-0.2, 0) is 12.8 Å². The summed E-state index contributed by atoms with van der Waals surface area (Å²) >= 11 is 0. The highest BCUT2D eigenvalue weighted by atomic mass is 16.5. The quantitative estimate of drug-likeness (QED) is 0.916. The summed E-state index contributed by atoms with van der Waals surface area (Å²) in [5.41, 5.74) is 3.72. The van der Waals surface area contributed by atoms with E-state index < -0.39 is 6.10 Å². The van der Waals surface area contributed by atoms with E-state index in [1.54, 1.807) is 0 Å². The van der Waals surface area contributed by atoms with Gasteiger partial charge in [0.15, 0.2) is 0 Å². The van der Waals surface area contributed by atoms with Gasteiger partial charge in [0.2, 0.25) is 0 Å². The molecule has 0 saturated heterocycles. The summed E-state index contributed by atoms with van der Waals surface area (Å²) in [6.45, 7) is 1.91. The van der Waals surface area contributed by atoms with Crippen molar-refractivity contribution in [1.29, 1.82) is 0 Å². The van der Waals surface area contributed by atoms with Crippen LogP contribution in [0.15, 0.2) is 48.5 Å². The standard InChI is InChI=1S/C18H20O2/c1-13(18(19)15-6-3-2-4-7-15)20-17-11-10-14-8-5-9-16(14)12-17/h2-4,6-7,10-13,18-19H,5,8-9H2,1H3. The third kappa shape index (κ3) is 2.70. The van der Waals surface area contributed by atoms with Crippen molar-refractivity contribution < 1.29 is 9.84 Å². The SMILES string of the molecule is CC(Oc1ccc2c(c1)CCC2)C(O)c1ccccc1. The number of aliphatic hydroxyl groups is 1. The molecule has 0 aliphatic heterocycles. The van der Waals surface area contributed by atoms with Gasteiger partial charge in [-0.1, -0.05) is 36.4 Å². The molecule has 2 aromatic rings. The molecule has 2 nitrogen and oxygen atoms in total. The molecule has 0 bridgehead atoms. The predicted octanol–water partition coefficient (Wildman–Crippen LogP) is 3.68. The minimum absolute atomic E-state index is 0.267. The van der Waals surface area contributed by atoms with Crippen molar-refractivity contribution in [2.24, 2.45) is 0 Å². The lowest BCUT2D eigenvalue weighted by Gasteiger charge is -2.21. The van der Waals surface area contributed by atoms with E-state index in [0.29, 0.717) is 0 Å². The van der Waals surface area contributed by atoms with Gasteiger partial charge in [-0.05, 0) is 55.0 Å². The Bertz CT molecular complexity index is 577. The van der Waals surface area contributed by atoms with Crippen LogP contribution in [0.1, 0.15) is 36.1 Å². The number of hydrogen-bond donors (Lipinski definition) is 1. The fourth-order valence-electron chi connectivity index (χ4n) is 2.82. The summed E-state index contributed by atoms with van der Waals surface area (Å²) in [6.07, 6.45) is 2.68. The molecule has 0 saturated carbocycles. The molecule has 0 aromatic heterocycles. The predicted molar refractivity (Wildman–Crippen MR) is 80.0 cm³/mol. The Kier molecular flexibility index (Phi) is 3.75. The van der Waals surface area contributed by atoms with Gasteiger partial charge in [0, 0.05) is 0 Å². The number of rotatable bonds is 4. The first-order chi connectivity index (χ1) is 9.74. The number of aliphatic hydroxyl groups excluding tert-OH is 1. The average Bonchev–Trinajstić information content (AvgIpc) is 2.95. The van der Waals surface area contributed by atoms with Gasteiger partial charge < -0.3 is 9.84 Å². The molecule has 2 atom stereocenters. The van der Waals surface area contributed by atoms with Crippen molar-refractivity contribution in [3.63, 3.8) is 0 Å². The molecular formula is C18H20O2. The highest BCUT2D eigenvalue weighted by molar-refractivity contribution is 5.38. The van der Waals surface area contributed by atoms with Gasteiger partial charge in [-0.3, -0.25) is 0 Å². The first-order valence-corrected chi connectivity index (χ1v) is 7.25. The zero-order valence-electron chi connectivity index (χ0n) is 11.8. The van der Waals surface area contributed by atoms with E-state index in [9.17, 15) is 5.11 Å². The van der Waals surface area contributed by atoms with Crippen LogP contribution in [0.2, 0.25) is 0 Å². The van der Waals surface area contributed by atoms with Gasteiger partial charge >= 0.3 is 0 Å². The normalized spacial score (nSPS) is 16.5. The Morgan fingerprint density at radius 3 is 2.55 bits per heavy atom. The lowest BCUT2D eigenvalue weighted by molar-refractivity contribution is 0.0467. The Morgan fingerprint density at radius 2 is 1.75 bits per heavy atom. The highest BCUT2D eigenvalue weighted by Gasteiger charge is 2.19. The van der Waals surface area contributed by atoms with Crippen LogP contribution >= 0.6 is 0 Å². The first-order valence-electron chi connectivity index (χ1n) is 7.25. The summed E-state index contributed by atoms with van der Waals surface area (Å²) in [5.74, 6) is 0.855. The number of hydrogen-bond acceptors (Lipinski definition) is 2. The maximum Gasteiger partial charge on any atom is 0.126 e. The molecule has 3 rings (SSSR count). The number of fused-ring (bicyclic) bond motifs is 1. The molecule has 0 spiro atoms. The van der Waals surface area contributed by atoms with E-state index in [1.807, 2.05) is 43.3 Å². The fourth-order valence-corrected chi connectivity index (χ4v) is 2.82. The Morgan fingerprint density at radius 1 is 1.00 bits per heavy atom. The molecule has 2 heteroatoms. The van der Waals surface area contributed by atoms with Gasteiger partial charge in [-0.2, -0.15) is 0 Å². The van der Waals surface area contributed by atoms with Gasteiger partial charge in [0.25, 0.3) is 0 Å². The van der Waals surface area contributed by atoms with Crippen molar-refractivity contribution in [2.45, 2.75) is 38.4 Å². The van der Waals surface area contributed by atoms with Gasteiger partial charge in [-0.15, -0.1) is 0 Å². The topological polar surface area (TPSA) is 29.5 Å². The summed E-state index contributed by atoms with van der Waals surface area (Å²) in [5, 5.41) is 10.3. The van der Waals surface area contributed by atoms with E-state index in [2.05, 4.69) is 12.1 Å². The smallest absolute Gasteiger partial charge is 0.126 e. The number of ether oxygens (including phenoxy) is 1. The third-order valence-corrected chi connectivity index (χ3v) is 3.98. The molecule has 1 aliphatic carbocycles. The highest BCUT2D eigenvalue weighted by Crippen LogP contribution is 2.28. The molecule has 0 amide bonds. The van der Waals surface area contributed by atoms with Crippen LogP contribution in [0.3, 0.4) is 0 Å². The third-order valence-electron chi connectivity index (χ3n) is 3.98. The van der Waals surface area contributed by atoms with Crippen molar-refractivity contribution in [3.05, 3.63) is 65.2 Å². The van der Waals surface area contributed by atoms with Crippen LogP contribution in [0.4, 0.5) is 0 Å². The zero-order chi connectivity index (χ0) is 13.9. The zero-order valence-corrected chi connectivity index (χ0v) is 11.8. The van der Waals surface area contributed by atoms with E-state index in [4.69, 9.17) is 4.74 Å². The average molecular weight is 268 g/mol. The summed E-state index contributed by atoms with van der Waals surface area (Å²) in [7, 11) is 0. The molecular weight excluding hydrogens is 248 g/mol. The molecule has 0 heterocycles. The lowest BCUT2D eigenvalue weighted by atomic mass is 10.1. The molecule has 0 radical (unpaired) electrons. The minimum Gasteiger partial charge on any atom is -0.488 e. The van der Waals surface area contributed by atoms with Crippen LogP contribution in [0.25, 0.3) is 0 Å². The van der Waals surface area contributed by atoms with Gasteiger partial charge in [-0.25, -0.2) is 0 Å². The van der Waals surface area contributed by atoms with Crippen LogP contribution < -0.4 is 4.74 Å². The van der Waals surface area contributed by atoms with Gasteiger partial charge in [0.05, 0.1) is 0 Å². The lowest BCUT2D eigenvalue weighted by Crippen LogP contribution is -2.21. The van der Waals surface area contributed by atoms with Gasteiger partial charge in [0.1, 0.15) is 18.0 Å². The molecule has 1 aliphatic rings.